The Balaban J connectivity index is 1.12. The van der Waals surface area contributed by atoms with E-state index >= 15 is 0 Å². The van der Waals surface area contributed by atoms with Crippen molar-refractivity contribution in [1.29, 1.82) is 0 Å². The Morgan fingerprint density at radius 2 is 0.667 bits per heavy atom. The van der Waals surface area contributed by atoms with Crippen molar-refractivity contribution in [3.63, 3.8) is 0 Å². The molecule has 13 rings (SSSR count). The van der Waals surface area contributed by atoms with Gasteiger partial charge in [0.2, 0.25) is 0 Å². The topological polar surface area (TPSA) is 43.6 Å². The highest BCUT2D eigenvalue weighted by Gasteiger charge is 2.41. The van der Waals surface area contributed by atoms with Crippen LogP contribution in [0.5, 0.6) is 0 Å². The first-order valence-electron chi connectivity index (χ1n) is 26.8. The van der Waals surface area contributed by atoms with Gasteiger partial charge >= 0.3 is 0 Å². The summed E-state index contributed by atoms with van der Waals surface area (Å²) in [4.78, 5) is 16.0. The number of hydrogen-bond acceptors (Lipinski definition) is 3. The predicted octanol–water partition coefficient (Wildman–Crippen LogP) is 15.6. The largest absolute Gasteiger partial charge is 0.308 e. The average Bonchev–Trinajstić information content (AvgIpc) is 4.00. The summed E-state index contributed by atoms with van der Waals surface area (Å²) in [5.41, 5.74) is 17.8. The minimum Gasteiger partial charge on any atom is -0.308 e. The van der Waals surface area contributed by atoms with E-state index in [-0.39, 0.29) is 0 Å². The van der Waals surface area contributed by atoms with Crippen LogP contribution < -0.4 is 20.7 Å². The quantitative estimate of drug-likeness (QED) is 0.0958. The Morgan fingerprint density at radius 1 is 0.282 bits per heavy atom. The second-order valence-electron chi connectivity index (χ2n) is 20.6. The molecule has 372 valence electrons. The minimum atomic E-state index is -2.87. The maximum atomic E-state index is 5.42. The van der Waals surface area contributed by atoms with Crippen LogP contribution in [-0.4, -0.2) is 27.6 Å². The Kier molecular flexibility index (Phi) is 12.5. The molecule has 0 radical (unpaired) electrons. The molecular weight excluding hydrogens is 961 g/mol. The second kappa shape index (κ2) is 20.2. The number of rotatable bonds is 11. The molecule has 5 heteroatoms. The van der Waals surface area contributed by atoms with Crippen molar-refractivity contribution < 1.29 is 0 Å². The van der Waals surface area contributed by atoms with Gasteiger partial charge in [-0.2, -0.15) is 0 Å². The summed E-state index contributed by atoms with van der Waals surface area (Å²) < 4.78 is 2.48. The number of aromatic nitrogens is 4. The fourth-order valence-corrected chi connectivity index (χ4v) is 16.7. The summed E-state index contributed by atoms with van der Waals surface area (Å²) in [7, 11) is -2.87. The molecule has 0 N–H and O–H groups in total. The number of nitrogens with zero attached hydrogens (tertiary/aromatic N) is 4. The van der Waals surface area contributed by atoms with Crippen molar-refractivity contribution in [2.75, 3.05) is 0 Å². The van der Waals surface area contributed by atoms with Gasteiger partial charge in [0, 0.05) is 27.5 Å². The fraction of sp³-hybridized carbons (Fsp3) is 0.0548. The van der Waals surface area contributed by atoms with E-state index in [4.69, 9.17) is 15.0 Å². The summed E-state index contributed by atoms with van der Waals surface area (Å²) >= 11 is 0. The molecule has 2 heterocycles. The number of fused-ring (bicyclic) bond motifs is 3. The van der Waals surface area contributed by atoms with Gasteiger partial charge in [-0.25, -0.2) is 15.0 Å². The van der Waals surface area contributed by atoms with E-state index < -0.39 is 8.07 Å². The van der Waals surface area contributed by atoms with Gasteiger partial charge in [0.25, 0.3) is 0 Å². The molecule has 0 aliphatic carbocycles. The summed E-state index contributed by atoms with van der Waals surface area (Å²) in [6, 6.07) is 97.7. The molecule has 4 nitrogen and oxygen atoms in total. The normalized spacial score (nSPS) is 11.6. The van der Waals surface area contributed by atoms with Gasteiger partial charge in [0.15, 0.2) is 25.5 Å². The molecule has 0 atom stereocenters. The van der Waals surface area contributed by atoms with Crippen LogP contribution in [0.3, 0.4) is 0 Å². The Hall–Kier alpha value is -9.55. The number of hydrogen-bond donors (Lipinski definition) is 0. The van der Waals surface area contributed by atoms with Crippen LogP contribution in [0, 0.1) is 27.7 Å². The van der Waals surface area contributed by atoms with Crippen LogP contribution in [0.25, 0.3) is 95.0 Å². The lowest BCUT2D eigenvalue weighted by Gasteiger charge is -2.34. The van der Waals surface area contributed by atoms with E-state index in [9.17, 15) is 0 Å². The van der Waals surface area contributed by atoms with E-state index in [0.717, 1.165) is 55.7 Å². The summed E-state index contributed by atoms with van der Waals surface area (Å²) in [6.45, 7) is 8.76. The highest BCUT2D eigenvalue weighted by Crippen LogP contribution is 2.42. The highest BCUT2D eigenvalue weighted by atomic mass is 28.3. The van der Waals surface area contributed by atoms with Crippen LogP contribution in [0.4, 0.5) is 0 Å². The smallest absolute Gasteiger partial charge is 0.179 e. The third-order valence-corrected chi connectivity index (χ3v) is 20.4. The van der Waals surface area contributed by atoms with Crippen molar-refractivity contribution in [2.24, 2.45) is 0 Å². The zero-order valence-corrected chi connectivity index (χ0v) is 45.2. The lowest BCUT2D eigenvalue weighted by Crippen LogP contribution is -2.74. The van der Waals surface area contributed by atoms with Crippen molar-refractivity contribution in [3.05, 3.63) is 289 Å². The third kappa shape index (κ3) is 8.64. The van der Waals surface area contributed by atoms with Crippen molar-refractivity contribution in [2.45, 2.75) is 27.7 Å². The second-order valence-corrected chi connectivity index (χ2v) is 24.4. The molecule has 0 spiro atoms. The molecule has 78 heavy (non-hydrogen) atoms. The van der Waals surface area contributed by atoms with Gasteiger partial charge < -0.3 is 4.57 Å². The van der Waals surface area contributed by atoms with Gasteiger partial charge in [0.1, 0.15) is 0 Å². The molecule has 0 unspecified atom stereocenters. The molecule has 0 amide bonds. The first-order chi connectivity index (χ1) is 38.3. The Bertz CT molecular complexity index is 4080. The van der Waals surface area contributed by atoms with E-state index in [1.165, 1.54) is 64.9 Å². The van der Waals surface area contributed by atoms with Gasteiger partial charge in [0.05, 0.1) is 16.7 Å². The van der Waals surface area contributed by atoms with Crippen LogP contribution in [0.1, 0.15) is 22.3 Å². The molecule has 0 aliphatic heterocycles. The third-order valence-electron chi connectivity index (χ3n) is 15.6. The zero-order chi connectivity index (χ0) is 52.7. The minimum absolute atomic E-state index is 0.590. The Labute approximate surface area is 457 Å². The van der Waals surface area contributed by atoms with E-state index in [0.29, 0.717) is 17.5 Å². The summed E-state index contributed by atoms with van der Waals surface area (Å²) in [6.07, 6.45) is 0. The molecule has 11 aromatic carbocycles. The first kappa shape index (κ1) is 48.1. The number of benzene rings is 11. The zero-order valence-electron chi connectivity index (χ0n) is 44.2. The van der Waals surface area contributed by atoms with Crippen molar-refractivity contribution >= 4 is 50.6 Å². The molecule has 0 saturated heterocycles. The lowest BCUT2D eigenvalue weighted by molar-refractivity contribution is 1.06. The fourth-order valence-electron chi connectivity index (χ4n) is 11.9. The molecule has 0 bridgehead atoms. The summed E-state index contributed by atoms with van der Waals surface area (Å²) in [5, 5.41) is 7.63. The lowest BCUT2D eigenvalue weighted by atomic mass is 9.96. The van der Waals surface area contributed by atoms with Crippen LogP contribution in [0.15, 0.2) is 267 Å². The number of aryl methyl sites for hydroxylation is 4. The van der Waals surface area contributed by atoms with E-state index in [1.54, 1.807) is 0 Å². The monoisotopic (exact) mass is 1020 g/mol. The van der Waals surface area contributed by atoms with E-state index in [1.807, 2.05) is 36.4 Å². The SMILES string of the molecule is Cc1ccc(-c2ccc3c4ccc(-c5ccc(C)cc5C)cc4n(-c4cc(-c5cccc([Si](c6ccccc6)(c6ccccc6)c6ccccc6)c5)ccc4-c4nc(-c5ccccc5)nc(-c5ccccc5)n4)c3c2)c(C)c1. The van der Waals surface area contributed by atoms with Crippen LogP contribution in [-0.2, 0) is 0 Å². The molecule has 0 saturated carbocycles. The molecule has 13 aromatic rings. The molecular formula is C73H56N4Si. The maximum Gasteiger partial charge on any atom is 0.179 e. The van der Waals surface area contributed by atoms with Crippen LogP contribution in [0.2, 0.25) is 0 Å². The van der Waals surface area contributed by atoms with Crippen LogP contribution >= 0.6 is 0 Å². The van der Waals surface area contributed by atoms with Crippen molar-refractivity contribution in [3.8, 4) is 73.2 Å². The molecule has 2 aromatic heterocycles. The van der Waals surface area contributed by atoms with Gasteiger partial charge in [-0.05, 0) is 117 Å². The van der Waals surface area contributed by atoms with E-state index in [2.05, 4.69) is 263 Å². The molecule has 0 aliphatic rings. The highest BCUT2D eigenvalue weighted by molar-refractivity contribution is 7.19. The standard InChI is InChI=1S/C73H56N4Si/c1-49-33-38-63(51(3)43-49)57-36-40-65-66-41-37-58(64-39-34-50(2)44-52(64)4)48-69(66)77(68(65)47-57)70-46-56(35-42-67(70)73-75-71(53-21-10-5-11-22-53)74-72(76-73)54-23-12-6-13-24-54)55-25-20-32-62(45-55)78(59-26-14-7-15-27-59,60-28-16-8-17-29-60)61-30-18-9-19-31-61/h5-48H,1-4H3. The molecule has 0 fully saturated rings. The van der Waals surface area contributed by atoms with Gasteiger partial charge in [-0.15, -0.1) is 0 Å². The maximum absolute atomic E-state index is 5.42. The van der Waals surface area contributed by atoms with Gasteiger partial charge in [-0.1, -0.05) is 254 Å². The van der Waals surface area contributed by atoms with Gasteiger partial charge in [-0.3, -0.25) is 0 Å². The Morgan fingerprint density at radius 3 is 1.13 bits per heavy atom. The average molecular weight is 1020 g/mol. The summed E-state index contributed by atoms with van der Waals surface area (Å²) in [5.74, 6) is 1.82. The predicted molar refractivity (Wildman–Crippen MR) is 329 cm³/mol. The first-order valence-corrected chi connectivity index (χ1v) is 28.8. The van der Waals surface area contributed by atoms with Crippen molar-refractivity contribution in [1.82, 2.24) is 19.5 Å².